The summed E-state index contributed by atoms with van der Waals surface area (Å²) in [6, 6.07) is 7.74. The maximum atomic E-state index is 12.9. The summed E-state index contributed by atoms with van der Waals surface area (Å²) >= 11 is 0. The Kier molecular flexibility index (Phi) is 3.95. The van der Waals surface area contributed by atoms with E-state index in [1.165, 1.54) is 0 Å². The molecule has 1 aliphatic heterocycles. The van der Waals surface area contributed by atoms with Crippen molar-refractivity contribution >= 4 is 5.91 Å². The zero-order valence-corrected chi connectivity index (χ0v) is 14.6. The summed E-state index contributed by atoms with van der Waals surface area (Å²) in [5.41, 5.74) is 8.19. The molecule has 0 radical (unpaired) electrons. The summed E-state index contributed by atoms with van der Waals surface area (Å²) in [7, 11) is 1.63. The molecule has 7 nitrogen and oxygen atoms in total. The molecule has 7 heteroatoms. The van der Waals surface area contributed by atoms with Gasteiger partial charge in [-0.1, -0.05) is 5.21 Å². The van der Waals surface area contributed by atoms with Gasteiger partial charge in [0.2, 0.25) is 0 Å². The van der Waals surface area contributed by atoms with Crippen LogP contribution in [0.4, 0.5) is 0 Å². The van der Waals surface area contributed by atoms with Crippen molar-refractivity contribution in [3.63, 3.8) is 0 Å². The van der Waals surface area contributed by atoms with E-state index in [0.717, 1.165) is 43.1 Å². The quantitative estimate of drug-likeness (QED) is 0.912. The molecule has 1 aromatic carbocycles. The summed E-state index contributed by atoms with van der Waals surface area (Å²) in [6.07, 6.45) is 2.19. The molecule has 0 spiro atoms. The fourth-order valence-corrected chi connectivity index (χ4v) is 4.12. The van der Waals surface area contributed by atoms with Gasteiger partial charge in [0.1, 0.15) is 5.75 Å². The number of fused-ring (bicyclic) bond motifs is 1. The molecule has 2 fully saturated rings. The molecular weight excluding hydrogens is 318 g/mol. The van der Waals surface area contributed by atoms with Crippen LogP contribution in [0.3, 0.4) is 0 Å². The van der Waals surface area contributed by atoms with Crippen LogP contribution in [0.25, 0.3) is 5.69 Å². The van der Waals surface area contributed by atoms with E-state index in [2.05, 4.69) is 10.3 Å². The van der Waals surface area contributed by atoms with Crippen molar-refractivity contribution in [1.29, 1.82) is 0 Å². The first kappa shape index (κ1) is 16.1. The Labute approximate surface area is 146 Å². The first-order valence-electron chi connectivity index (χ1n) is 8.70. The van der Waals surface area contributed by atoms with Gasteiger partial charge >= 0.3 is 0 Å². The van der Waals surface area contributed by atoms with E-state index in [9.17, 15) is 4.79 Å². The standard InChI is InChI=1S/C18H23N5O2/c1-11-17(18(24)22-9-12-3-8-16(19)15(12)10-22)20-21-23(11)13-4-6-14(25-2)7-5-13/h4-7,12,15-16H,3,8-10,19H2,1-2H3. The molecule has 4 rings (SSSR count). The number of nitrogens with two attached hydrogens (primary N) is 1. The van der Waals surface area contributed by atoms with E-state index < -0.39 is 0 Å². The molecular formula is C18H23N5O2. The van der Waals surface area contributed by atoms with E-state index in [4.69, 9.17) is 10.5 Å². The van der Waals surface area contributed by atoms with E-state index in [0.29, 0.717) is 17.5 Å². The first-order valence-corrected chi connectivity index (χ1v) is 8.70. The minimum Gasteiger partial charge on any atom is -0.497 e. The lowest BCUT2D eigenvalue weighted by Gasteiger charge is -2.17. The number of likely N-dealkylation sites (tertiary alicyclic amines) is 1. The largest absolute Gasteiger partial charge is 0.497 e. The molecule has 2 aliphatic rings. The fourth-order valence-electron chi connectivity index (χ4n) is 4.12. The number of rotatable bonds is 3. The molecule has 132 valence electrons. The van der Waals surface area contributed by atoms with Gasteiger partial charge < -0.3 is 15.4 Å². The second-order valence-electron chi connectivity index (χ2n) is 7.01. The number of ether oxygens (including phenoxy) is 1. The summed E-state index contributed by atoms with van der Waals surface area (Å²) in [4.78, 5) is 14.8. The van der Waals surface area contributed by atoms with Crippen LogP contribution in [0.2, 0.25) is 0 Å². The summed E-state index contributed by atoms with van der Waals surface area (Å²) < 4.78 is 6.86. The van der Waals surface area contributed by atoms with Gasteiger partial charge in [-0.05, 0) is 55.9 Å². The molecule has 3 atom stereocenters. The molecule has 2 N–H and O–H groups in total. The second-order valence-corrected chi connectivity index (χ2v) is 7.01. The minimum absolute atomic E-state index is 0.0427. The van der Waals surface area contributed by atoms with E-state index in [1.54, 1.807) is 11.8 Å². The smallest absolute Gasteiger partial charge is 0.276 e. The lowest BCUT2D eigenvalue weighted by atomic mass is 9.98. The fraction of sp³-hybridized carbons (Fsp3) is 0.500. The lowest BCUT2D eigenvalue weighted by molar-refractivity contribution is 0.0773. The second kappa shape index (κ2) is 6.15. The molecule has 1 saturated heterocycles. The van der Waals surface area contributed by atoms with Crippen LogP contribution in [0.5, 0.6) is 5.75 Å². The Morgan fingerprint density at radius 2 is 2.00 bits per heavy atom. The van der Waals surface area contributed by atoms with Gasteiger partial charge in [0, 0.05) is 19.1 Å². The van der Waals surface area contributed by atoms with Crippen molar-refractivity contribution in [2.45, 2.75) is 25.8 Å². The number of benzene rings is 1. The third kappa shape index (κ3) is 2.68. The molecule has 0 bridgehead atoms. The van der Waals surface area contributed by atoms with Crippen LogP contribution in [0, 0.1) is 18.8 Å². The van der Waals surface area contributed by atoms with Crippen molar-refractivity contribution in [3.8, 4) is 11.4 Å². The van der Waals surface area contributed by atoms with E-state index >= 15 is 0 Å². The van der Waals surface area contributed by atoms with Crippen molar-refractivity contribution in [3.05, 3.63) is 35.7 Å². The van der Waals surface area contributed by atoms with Gasteiger partial charge in [0.25, 0.3) is 5.91 Å². The van der Waals surface area contributed by atoms with E-state index in [1.807, 2.05) is 36.1 Å². The molecule has 1 amide bonds. The Morgan fingerprint density at radius 1 is 1.24 bits per heavy atom. The maximum Gasteiger partial charge on any atom is 0.276 e. The Bertz CT molecular complexity index is 785. The SMILES string of the molecule is COc1ccc(-n2nnc(C(=O)N3CC4CCC(N)C4C3)c2C)cc1. The first-order chi connectivity index (χ1) is 12.1. The Balaban J connectivity index is 1.55. The van der Waals surface area contributed by atoms with Gasteiger partial charge in [0.15, 0.2) is 5.69 Å². The number of carbonyl (C=O) groups excluding carboxylic acids is 1. The van der Waals surface area contributed by atoms with Crippen LogP contribution in [-0.4, -0.2) is 52.0 Å². The monoisotopic (exact) mass is 341 g/mol. The highest BCUT2D eigenvalue weighted by Gasteiger charge is 2.43. The summed E-state index contributed by atoms with van der Waals surface area (Å²) in [6.45, 7) is 3.39. The van der Waals surface area contributed by atoms with Gasteiger partial charge in [-0.3, -0.25) is 4.79 Å². The number of methoxy groups -OCH3 is 1. The highest BCUT2D eigenvalue weighted by atomic mass is 16.5. The lowest BCUT2D eigenvalue weighted by Crippen LogP contribution is -2.34. The topological polar surface area (TPSA) is 86.3 Å². The average Bonchev–Trinajstić information content (AvgIpc) is 3.31. The zero-order chi connectivity index (χ0) is 17.6. The van der Waals surface area contributed by atoms with Gasteiger partial charge in [-0.15, -0.1) is 5.10 Å². The zero-order valence-electron chi connectivity index (χ0n) is 14.6. The Morgan fingerprint density at radius 3 is 2.68 bits per heavy atom. The van der Waals surface area contributed by atoms with Crippen LogP contribution >= 0.6 is 0 Å². The van der Waals surface area contributed by atoms with Crippen LogP contribution in [-0.2, 0) is 0 Å². The molecule has 1 saturated carbocycles. The van der Waals surface area contributed by atoms with E-state index in [-0.39, 0.29) is 11.9 Å². The summed E-state index contributed by atoms with van der Waals surface area (Å²) in [5.74, 6) is 1.70. The Hall–Kier alpha value is -2.41. The maximum absolute atomic E-state index is 12.9. The van der Waals surface area contributed by atoms with Crippen LogP contribution < -0.4 is 10.5 Å². The van der Waals surface area contributed by atoms with Crippen molar-refractivity contribution in [1.82, 2.24) is 19.9 Å². The van der Waals surface area contributed by atoms with Crippen molar-refractivity contribution < 1.29 is 9.53 Å². The number of carbonyl (C=O) groups is 1. The third-order valence-electron chi connectivity index (χ3n) is 5.61. The number of nitrogens with zero attached hydrogens (tertiary/aromatic N) is 4. The number of amides is 1. The van der Waals surface area contributed by atoms with Crippen LogP contribution in [0.1, 0.15) is 29.0 Å². The molecule has 25 heavy (non-hydrogen) atoms. The molecule has 2 aromatic rings. The predicted molar refractivity (Wildman–Crippen MR) is 92.7 cm³/mol. The van der Waals surface area contributed by atoms with Crippen molar-refractivity contribution in [2.24, 2.45) is 17.6 Å². The third-order valence-corrected chi connectivity index (χ3v) is 5.61. The van der Waals surface area contributed by atoms with Gasteiger partial charge in [-0.25, -0.2) is 4.68 Å². The molecule has 2 heterocycles. The highest BCUT2D eigenvalue weighted by molar-refractivity contribution is 5.93. The van der Waals surface area contributed by atoms with Crippen molar-refractivity contribution in [2.75, 3.05) is 20.2 Å². The number of aromatic nitrogens is 3. The van der Waals surface area contributed by atoms with Gasteiger partial charge in [0.05, 0.1) is 18.5 Å². The minimum atomic E-state index is -0.0427. The van der Waals surface area contributed by atoms with Crippen LogP contribution in [0.15, 0.2) is 24.3 Å². The molecule has 1 aromatic heterocycles. The summed E-state index contributed by atoms with van der Waals surface area (Å²) in [5, 5.41) is 8.33. The highest BCUT2D eigenvalue weighted by Crippen LogP contribution is 2.37. The molecule has 1 aliphatic carbocycles. The number of hydrogen-bond acceptors (Lipinski definition) is 5. The van der Waals surface area contributed by atoms with Gasteiger partial charge in [-0.2, -0.15) is 0 Å². The predicted octanol–water partition coefficient (Wildman–Crippen LogP) is 1.39. The number of hydrogen-bond donors (Lipinski definition) is 1. The average molecular weight is 341 g/mol. The molecule has 3 unspecified atom stereocenters. The normalized spacial score (nSPS) is 25.2.